The van der Waals surface area contributed by atoms with Crippen molar-refractivity contribution >= 4 is 17.8 Å². The highest BCUT2D eigenvalue weighted by Crippen LogP contribution is 2.23. The van der Waals surface area contributed by atoms with E-state index in [0.717, 1.165) is 31.5 Å². The van der Waals surface area contributed by atoms with Gasteiger partial charge in [-0.05, 0) is 31.2 Å². The van der Waals surface area contributed by atoms with Crippen LogP contribution in [0.4, 0.5) is 5.95 Å². The van der Waals surface area contributed by atoms with Crippen molar-refractivity contribution in [3.8, 4) is 0 Å². The van der Waals surface area contributed by atoms with Gasteiger partial charge < -0.3 is 15.5 Å². The van der Waals surface area contributed by atoms with E-state index in [0.29, 0.717) is 25.2 Å². The fraction of sp³-hybridized carbons (Fsp3) is 0.647. The lowest BCUT2D eigenvalue weighted by molar-refractivity contribution is -0.130. The van der Waals surface area contributed by atoms with Gasteiger partial charge in [0.1, 0.15) is 5.69 Å². The van der Waals surface area contributed by atoms with Gasteiger partial charge in [0.05, 0.1) is 0 Å². The van der Waals surface area contributed by atoms with E-state index in [1.165, 1.54) is 0 Å². The maximum absolute atomic E-state index is 12.8. The number of carbonyl (C=O) groups excluding carboxylic acids is 2. The topological polar surface area (TPSA) is 92.4 Å². The highest BCUT2D eigenvalue weighted by Gasteiger charge is 2.33. The minimum absolute atomic E-state index is 0.123. The molecule has 0 aromatic carbocycles. The Morgan fingerprint density at radius 1 is 1.29 bits per heavy atom. The number of hydrogen-bond acceptors (Lipinski definition) is 5. The zero-order valence-electron chi connectivity index (χ0n) is 14.4. The molecule has 2 aliphatic rings. The fourth-order valence-electron chi connectivity index (χ4n) is 3.50. The quantitative estimate of drug-likeness (QED) is 0.904. The largest absolute Gasteiger partial charge is 0.368 e. The number of nitrogens with zero attached hydrogens (tertiary/aromatic N) is 4. The van der Waals surface area contributed by atoms with Gasteiger partial charge in [-0.3, -0.25) is 9.59 Å². The summed E-state index contributed by atoms with van der Waals surface area (Å²) >= 11 is 0. The summed E-state index contributed by atoms with van der Waals surface area (Å²) < 4.78 is 0. The van der Waals surface area contributed by atoms with Crippen molar-refractivity contribution in [3.63, 3.8) is 0 Å². The van der Waals surface area contributed by atoms with Crippen LogP contribution < -0.4 is 5.73 Å². The van der Waals surface area contributed by atoms with Crippen molar-refractivity contribution in [1.29, 1.82) is 0 Å². The Morgan fingerprint density at radius 3 is 2.75 bits per heavy atom. The molecule has 2 amide bonds. The first-order valence-corrected chi connectivity index (χ1v) is 8.69. The molecule has 0 spiro atoms. The van der Waals surface area contributed by atoms with Gasteiger partial charge in [0, 0.05) is 37.8 Å². The molecule has 2 N–H and O–H groups in total. The second kappa shape index (κ2) is 6.75. The second-order valence-corrected chi connectivity index (χ2v) is 6.93. The first-order valence-electron chi connectivity index (χ1n) is 8.69. The molecule has 2 saturated heterocycles. The summed E-state index contributed by atoms with van der Waals surface area (Å²) in [5.74, 6) is 0.399. The number of nitrogen functional groups attached to an aromatic ring is 1. The first-order chi connectivity index (χ1) is 11.5. The van der Waals surface area contributed by atoms with Gasteiger partial charge in [-0.1, -0.05) is 13.8 Å². The summed E-state index contributed by atoms with van der Waals surface area (Å²) in [6.07, 6.45) is 3.41. The summed E-state index contributed by atoms with van der Waals surface area (Å²) in [4.78, 5) is 36.9. The number of carbonyl (C=O) groups is 2. The minimum atomic E-state index is -0.123. The SMILES string of the molecule is CC(C)c1cc(C(=O)N2CCC[C@H](N3CCCC3=O)C2)nc(N)n1. The Hall–Kier alpha value is -2.18. The molecule has 2 aliphatic heterocycles. The predicted molar refractivity (Wildman–Crippen MR) is 90.4 cm³/mol. The molecule has 0 saturated carbocycles. The molecule has 0 unspecified atom stereocenters. The fourth-order valence-corrected chi connectivity index (χ4v) is 3.50. The van der Waals surface area contributed by atoms with Crippen LogP contribution in [0.3, 0.4) is 0 Å². The van der Waals surface area contributed by atoms with Crippen LogP contribution in [0.15, 0.2) is 6.07 Å². The van der Waals surface area contributed by atoms with Crippen LogP contribution in [-0.2, 0) is 4.79 Å². The first kappa shape index (κ1) is 16.7. The van der Waals surface area contributed by atoms with Gasteiger partial charge in [-0.2, -0.15) is 0 Å². The van der Waals surface area contributed by atoms with Gasteiger partial charge in [0.2, 0.25) is 11.9 Å². The van der Waals surface area contributed by atoms with Gasteiger partial charge in [-0.25, -0.2) is 9.97 Å². The molecule has 24 heavy (non-hydrogen) atoms. The van der Waals surface area contributed by atoms with Gasteiger partial charge in [0.15, 0.2) is 0 Å². The van der Waals surface area contributed by atoms with Crippen LogP contribution in [0.25, 0.3) is 0 Å². The van der Waals surface area contributed by atoms with Crippen molar-refractivity contribution in [2.24, 2.45) is 0 Å². The molecule has 1 aromatic rings. The maximum atomic E-state index is 12.8. The highest BCUT2D eigenvalue weighted by molar-refractivity contribution is 5.92. The number of anilines is 1. The Kier molecular flexibility index (Phi) is 4.69. The summed E-state index contributed by atoms with van der Waals surface area (Å²) in [6.45, 7) is 6.09. The second-order valence-electron chi connectivity index (χ2n) is 6.93. The highest BCUT2D eigenvalue weighted by atomic mass is 16.2. The lowest BCUT2D eigenvalue weighted by Gasteiger charge is -2.37. The molecule has 0 radical (unpaired) electrons. The van der Waals surface area contributed by atoms with Crippen molar-refractivity contribution < 1.29 is 9.59 Å². The molecule has 1 aromatic heterocycles. The van der Waals surface area contributed by atoms with Crippen molar-refractivity contribution in [1.82, 2.24) is 19.8 Å². The van der Waals surface area contributed by atoms with Crippen molar-refractivity contribution in [3.05, 3.63) is 17.5 Å². The zero-order valence-corrected chi connectivity index (χ0v) is 14.4. The lowest BCUT2D eigenvalue weighted by Crippen LogP contribution is -2.50. The van der Waals surface area contributed by atoms with Crippen LogP contribution in [0.1, 0.15) is 61.6 Å². The standard InChI is InChI=1S/C17H25N5O2/c1-11(2)13-9-14(20-17(18)19-13)16(24)21-7-3-5-12(10-21)22-8-4-6-15(22)23/h9,11-12H,3-8,10H2,1-2H3,(H2,18,19,20)/t12-/m0/s1. The number of hydrogen-bond donors (Lipinski definition) is 1. The monoisotopic (exact) mass is 331 g/mol. The number of aromatic nitrogens is 2. The maximum Gasteiger partial charge on any atom is 0.272 e. The van der Waals surface area contributed by atoms with Crippen LogP contribution in [0.2, 0.25) is 0 Å². The third kappa shape index (κ3) is 3.34. The van der Waals surface area contributed by atoms with E-state index in [9.17, 15) is 9.59 Å². The Bertz CT molecular complexity index is 646. The molecule has 130 valence electrons. The number of rotatable bonds is 3. The van der Waals surface area contributed by atoms with Gasteiger partial charge in [-0.15, -0.1) is 0 Å². The van der Waals surface area contributed by atoms with Crippen LogP contribution in [0.5, 0.6) is 0 Å². The molecular formula is C17H25N5O2. The number of nitrogens with two attached hydrogens (primary N) is 1. The third-order valence-corrected chi connectivity index (χ3v) is 4.81. The number of amides is 2. The summed E-state index contributed by atoms with van der Waals surface area (Å²) in [5, 5.41) is 0. The molecule has 7 heteroatoms. The molecule has 2 fully saturated rings. The smallest absolute Gasteiger partial charge is 0.272 e. The van der Waals surface area contributed by atoms with Crippen LogP contribution in [0, 0.1) is 0 Å². The van der Waals surface area contributed by atoms with Crippen molar-refractivity contribution in [2.75, 3.05) is 25.4 Å². The molecule has 0 bridgehead atoms. The van der Waals surface area contributed by atoms with Gasteiger partial charge >= 0.3 is 0 Å². The minimum Gasteiger partial charge on any atom is -0.368 e. The van der Waals surface area contributed by atoms with Crippen LogP contribution >= 0.6 is 0 Å². The number of likely N-dealkylation sites (tertiary alicyclic amines) is 2. The molecule has 3 heterocycles. The molecular weight excluding hydrogens is 306 g/mol. The van der Waals surface area contributed by atoms with E-state index in [1.807, 2.05) is 18.7 Å². The van der Waals surface area contributed by atoms with E-state index in [1.54, 1.807) is 11.0 Å². The normalized spacial score (nSPS) is 21.6. The summed E-state index contributed by atoms with van der Waals surface area (Å²) in [6, 6.07) is 1.86. The summed E-state index contributed by atoms with van der Waals surface area (Å²) in [7, 11) is 0. The zero-order chi connectivity index (χ0) is 17.3. The summed E-state index contributed by atoms with van der Waals surface area (Å²) in [5.41, 5.74) is 6.88. The van der Waals surface area contributed by atoms with E-state index in [2.05, 4.69) is 9.97 Å². The van der Waals surface area contributed by atoms with Crippen molar-refractivity contribution in [2.45, 2.75) is 51.5 Å². The molecule has 0 aliphatic carbocycles. The Morgan fingerprint density at radius 2 is 2.08 bits per heavy atom. The van der Waals surface area contributed by atoms with Gasteiger partial charge in [0.25, 0.3) is 5.91 Å². The average molecular weight is 331 g/mol. The molecule has 7 nitrogen and oxygen atoms in total. The average Bonchev–Trinajstić information content (AvgIpc) is 2.99. The number of piperidine rings is 1. The predicted octanol–water partition coefficient (Wildman–Crippen LogP) is 1.41. The van der Waals surface area contributed by atoms with E-state index in [4.69, 9.17) is 5.73 Å². The molecule has 3 rings (SSSR count). The molecule has 1 atom stereocenters. The van der Waals surface area contributed by atoms with E-state index < -0.39 is 0 Å². The van der Waals surface area contributed by atoms with E-state index >= 15 is 0 Å². The Labute approximate surface area is 142 Å². The lowest BCUT2D eigenvalue weighted by atomic mass is 10.0. The van der Waals surface area contributed by atoms with Crippen LogP contribution in [-0.4, -0.2) is 57.3 Å². The van der Waals surface area contributed by atoms with E-state index in [-0.39, 0.29) is 29.7 Å². The third-order valence-electron chi connectivity index (χ3n) is 4.81. The Balaban J connectivity index is 1.76.